The first-order chi connectivity index (χ1) is 13.4. The maximum absolute atomic E-state index is 13.1. The summed E-state index contributed by atoms with van der Waals surface area (Å²) in [6.07, 6.45) is 0.942. The predicted octanol–water partition coefficient (Wildman–Crippen LogP) is 3.24. The van der Waals surface area contributed by atoms with E-state index in [-0.39, 0.29) is 17.6 Å². The molecule has 2 unspecified atom stereocenters. The van der Waals surface area contributed by atoms with Gasteiger partial charge in [-0.1, -0.05) is 23.7 Å². The third-order valence-electron chi connectivity index (χ3n) is 4.90. The van der Waals surface area contributed by atoms with Gasteiger partial charge < -0.3 is 15.5 Å². The zero-order valence-corrected chi connectivity index (χ0v) is 16.4. The van der Waals surface area contributed by atoms with E-state index in [9.17, 15) is 14.0 Å². The lowest BCUT2D eigenvalue weighted by molar-refractivity contribution is -0.122. The molecule has 0 spiro atoms. The normalized spacial score (nSPS) is 17.2. The number of carbonyl (C=O) groups is 2. The lowest BCUT2D eigenvalue weighted by atomic mass is 10.1. The minimum absolute atomic E-state index is 0.236. The summed E-state index contributed by atoms with van der Waals surface area (Å²) in [7, 11) is 0. The molecule has 2 atom stereocenters. The highest BCUT2D eigenvalue weighted by Crippen LogP contribution is 2.23. The molecule has 2 aromatic rings. The Kier molecular flexibility index (Phi) is 6.52. The summed E-state index contributed by atoms with van der Waals surface area (Å²) < 4.78 is 13.1. The predicted molar refractivity (Wildman–Crippen MR) is 108 cm³/mol. The average molecular weight is 404 g/mol. The van der Waals surface area contributed by atoms with Crippen LogP contribution in [0.5, 0.6) is 0 Å². The lowest BCUT2D eigenvalue weighted by Gasteiger charge is -2.19. The Bertz CT molecular complexity index is 844. The van der Waals surface area contributed by atoms with Crippen molar-refractivity contribution in [1.82, 2.24) is 10.6 Å². The number of hydrogen-bond acceptors (Lipinski definition) is 3. The second kappa shape index (κ2) is 9.06. The summed E-state index contributed by atoms with van der Waals surface area (Å²) >= 11 is 6.02. The molecule has 0 saturated carbocycles. The Morgan fingerprint density at radius 1 is 1.21 bits per heavy atom. The van der Waals surface area contributed by atoms with Gasteiger partial charge in [0.25, 0.3) is 5.91 Å². The molecular formula is C21H23ClFN3O2. The number of nitrogens with one attached hydrogen (secondary N) is 2. The van der Waals surface area contributed by atoms with Gasteiger partial charge >= 0.3 is 0 Å². The molecule has 1 heterocycles. The molecule has 2 N–H and O–H groups in total. The summed E-state index contributed by atoms with van der Waals surface area (Å²) in [5.41, 5.74) is 1.32. The van der Waals surface area contributed by atoms with Crippen molar-refractivity contribution >= 4 is 29.1 Å². The van der Waals surface area contributed by atoms with E-state index in [1.165, 1.54) is 12.1 Å². The van der Waals surface area contributed by atoms with Crippen LogP contribution in [-0.4, -0.2) is 37.5 Å². The summed E-state index contributed by atoms with van der Waals surface area (Å²) in [6, 6.07) is 12.5. The summed E-state index contributed by atoms with van der Waals surface area (Å²) in [4.78, 5) is 26.8. The molecule has 148 valence electrons. The third kappa shape index (κ3) is 5.01. The van der Waals surface area contributed by atoms with Gasteiger partial charge in [-0.3, -0.25) is 9.59 Å². The Hall–Kier alpha value is -2.60. The first-order valence-electron chi connectivity index (χ1n) is 9.27. The SMILES string of the molecule is CC(NC(=O)c1ccccc1Cl)C(=O)NCC1CCN(c2ccc(F)cc2)C1. The van der Waals surface area contributed by atoms with Gasteiger partial charge in [0.15, 0.2) is 0 Å². The highest BCUT2D eigenvalue weighted by Gasteiger charge is 2.24. The molecule has 1 aliphatic rings. The van der Waals surface area contributed by atoms with Gasteiger partial charge in [-0.15, -0.1) is 0 Å². The van der Waals surface area contributed by atoms with Crippen LogP contribution < -0.4 is 15.5 Å². The van der Waals surface area contributed by atoms with Crippen LogP contribution in [0.2, 0.25) is 5.02 Å². The van der Waals surface area contributed by atoms with Crippen molar-refractivity contribution in [2.24, 2.45) is 5.92 Å². The molecule has 2 amide bonds. The van der Waals surface area contributed by atoms with Crippen LogP contribution in [-0.2, 0) is 4.79 Å². The molecule has 5 nitrogen and oxygen atoms in total. The molecule has 1 saturated heterocycles. The number of carbonyl (C=O) groups excluding carboxylic acids is 2. The standard InChI is InChI=1S/C21H23ClFN3O2/c1-14(25-21(28)18-4-2-3-5-19(18)22)20(27)24-12-15-10-11-26(13-15)17-8-6-16(23)7-9-17/h2-9,14-15H,10-13H2,1H3,(H,24,27)(H,25,28). The molecule has 1 fully saturated rings. The third-order valence-corrected chi connectivity index (χ3v) is 5.23. The number of nitrogens with zero attached hydrogens (tertiary/aromatic N) is 1. The van der Waals surface area contributed by atoms with Crippen LogP contribution in [0.3, 0.4) is 0 Å². The van der Waals surface area contributed by atoms with Crippen molar-refractivity contribution in [2.45, 2.75) is 19.4 Å². The zero-order chi connectivity index (χ0) is 20.1. The minimum Gasteiger partial charge on any atom is -0.371 e. The first-order valence-corrected chi connectivity index (χ1v) is 9.65. The van der Waals surface area contributed by atoms with Gasteiger partial charge in [-0.25, -0.2) is 4.39 Å². The molecule has 0 radical (unpaired) electrons. The number of rotatable bonds is 6. The van der Waals surface area contributed by atoms with Crippen LogP contribution in [0, 0.1) is 11.7 Å². The molecule has 7 heteroatoms. The van der Waals surface area contributed by atoms with E-state index in [1.54, 1.807) is 43.3 Å². The quantitative estimate of drug-likeness (QED) is 0.778. The van der Waals surface area contributed by atoms with Crippen molar-refractivity contribution in [3.05, 3.63) is 64.9 Å². The average Bonchev–Trinajstić information content (AvgIpc) is 3.16. The molecule has 28 heavy (non-hydrogen) atoms. The van der Waals surface area contributed by atoms with E-state index < -0.39 is 6.04 Å². The van der Waals surface area contributed by atoms with Gasteiger partial charge in [0.1, 0.15) is 11.9 Å². The van der Waals surface area contributed by atoms with Crippen molar-refractivity contribution in [3.8, 4) is 0 Å². The van der Waals surface area contributed by atoms with E-state index in [0.29, 0.717) is 23.0 Å². The van der Waals surface area contributed by atoms with Gasteiger partial charge in [-0.2, -0.15) is 0 Å². The van der Waals surface area contributed by atoms with E-state index in [0.717, 1.165) is 25.2 Å². The zero-order valence-electron chi connectivity index (χ0n) is 15.6. The fourth-order valence-electron chi connectivity index (χ4n) is 3.27. The Morgan fingerprint density at radius 3 is 2.64 bits per heavy atom. The summed E-state index contributed by atoms with van der Waals surface area (Å²) in [5.74, 6) is -0.558. The first kappa shape index (κ1) is 20.1. The van der Waals surface area contributed by atoms with Crippen molar-refractivity contribution in [3.63, 3.8) is 0 Å². The number of anilines is 1. The minimum atomic E-state index is -0.668. The van der Waals surface area contributed by atoms with Gasteiger partial charge in [0.05, 0.1) is 10.6 Å². The summed E-state index contributed by atoms with van der Waals surface area (Å²) in [5, 5.41) is 5.92. The largest absolute Gasteiger partial charge is 0.371 e. The van der Waals surface area contributed by atoms with Crippen LogP contribution in [0.1, 0.15) is 23.7 Å². The van der Waals surface area contributed by atoms with Gasteiger partial charge in [-0.05, 0) is 55.7 Å². The highest BCUT2D eigenvalue weighted by atomic mass is 35.5. The van der Waals surface area contributed by atoms with E-state index in [2.05, 4.69) is 15.5 Å². The monoisotopic (exact) mass is 403 g/mol. The van der Waals surface area contributed by atoms with Crippen molar-refractivity contribution in [1.29, 1.82) is 0 Å². The lowest BCUT2D eigenvalue weighted by Crippen LogP contribution is -2.46. The van der Waals surface area contributed by atoms with Crippen LogP contribution in [0.15, 0.2) is 48.5 Å². The van der Waals surface area contributed by atoms with E-state index in [4.69, 9.17) is 11.6 Å². The molecule has 3 rings (SSSR count). The molecule has 0 aliphatic carbocycles. The van der Waals surface area contributed by atoms with Gasteiger partial charge in [0.2, 0.25) is 5.91 Å². The van der Waals surface area contributed by atoms with Crippen LogP contribution in [0.25, 0.3) is 0 Å². The molecule has 2 aromatic carbocycles. The fourth-order valence-corrected chi connectivity index (χ4v) is 3.49. The number of hydrogen-bond donors (Lipinski definition) is 2. The number of benzene rings is 2. The Morgan fingerprint density at radius 2 is 1.93 bits per heavy atom. The summed E-state index contributed by atoms with van der Waals surface area (Å²) in [6.45, 7) is 3.84. The van der Waals surface area contributed by atoms with Crippen LogP contribution >= 0.6 is 11.6 Å². The topological polar surface area (TPSA) is 61.4 Å². The van der Waals surface area contributed by atoms with Gasteiger partial charge in [0, 0.05) is 25.3 Å². The maximum atomic E-state index is 13.1. The molecular weight excluding hydrogens is 381 g/mol. The molecule has 0 aromatic heterocycles. The van der Waals surface area contributed by atoms with Crippen LogP contribution in [0.4, 0.5) is 10.1 Å². The Labute approximate surface area is 168 Å². The fraction of sp³-hybridized carbons (Fsp3) is 0.333. The highest BCUT2D eigenvalue weighted by molar-refractivity contribution is 6.33. The molecule has 0 bridgehead atoms. The van der Waals surface area contributed by atoms with E-state index in [1.807, 2.05) is 0 Å². The number of halogens is 2. The smallest absolute Gasteiger partial charge is 0.253 e. The van der Waals surface area contributed by atoms with E-state index >= 15 is 0 Å². The second-order valence-electron chi connectivity index (χ2n) is 7.00. The maximum Gasteiger partial charge on any atom is 0.253 e. The van der Waals surface area contributed by atoms with Crippen molar-refractivity contribution < 1.29 is 14.0 Å². The Balaban J connectivity index is 1.45. The molecule has 1 aliphatic heterocycles. The number of amides is 2. The second-order valence-corrected chi connectivity index (χ2v) is 7.40. The van der Waals surface area contributed by atoms with Crippen molar-refractivity contribution in [2.75, 3.05) is 24.5 Å².